The summed E-state index contributed by atoms with van der Waals surface area (Å²) in [5.74, 6) is 3.86. The maximum atomic E-state index is 6.11. The van der Waals surface area contributed by atoms with Crippen LogP contribution in [0, 0.1) is 17.1 Å². The Morgan fingerprint density at radius 3 is 2.71 bits per heavy atom. The van der Waals surface area contributed by atoms with Crippen LogP contribution in [0.5, 0.6) is 5.75 Å². The van der Waals surface area contributed by atoms with Crippen molar-refractivity contribution in [2.24, 2.45) is 16.1 Å². The molecule has 0 aliphatic heterocycles. The van der Waals surface area contributed by atoms with Crippen molar-refractivity contribution in [3.8, 4) is 29.4 Å². The van der Waals surface area contributed by atoms with Crippen molar-refractivity contribution >= 4 is 29.0 Å². The molecule has 9 heteroatoms. The molecule has 0 aliphatic carbocycles. The highest BCUT2D eigenvalue weighted by atomic mass is 32.1. The largest absolute Gasteiger partial charge is 0.481 e. The molecule has 3 N–H and O–H groups in total. The van der Waals surface area contributed by atoms with Gasteiger partial charge in [-0.15, -0.1) is 6.42 Å². The molecule has 0 radical (unpaired) electrons. The number of hydrogen-bond donors (Lipinski definition) is 2. The number of nitrogens with zero attached hydrogens (tertiary/aromatic N) is 4. The molecule has 0 amide bonds. The van der Waals surface area contributed by atoms with E-state index in [9.17, 15) is 0 Å². The Labute approximate surface area is 204 Å². The normalized spacial score (nSPS) is 11.9. The molecule has 0 aliphatic rings. The third-order valence-electron chi connectivity index (χ3n) is 5.11. The average Bonchev–Trinajstić information content (AvgIpc) is 2.84. The van der Waals surface area contributed by atoms with Crippen LogP contribution in [0.25, 0.3) is 22.2 Å². The van der Waals surface area contributed by atoms with E-state index >= 15 is 0 Å². The SMILES string of the molecule is C#CCOc1ccc2c(c1)c(-c1ccc(C(C)C)cc1)nc(=S)n2C/C(N)=N/N=[NH+]CCOC. The topological polar surface area (TPSA) is 101 Å². The lowest BCUT2D eigenvalue weighted by molar-refractivity contribution is -0.536. The van der Waals surface area contributed by atoms with Crippen LogP contribution in [0.3, 0.4) is 0 Å². The summed E-state index contributed by atoms with van der Waals surface area (Å²) >= 11 is 5.65. The molecule has 1 heterocycles. The number of nitrogens with one attached hydrogen (secondary N) is 1. The Morgan fingerprint density at radius 2 is 2.03 bits per heavy atom. The number of nitrogens with two attached hydrogens (primary N) is 1. The highest BCUT2D eigenvalue weighted by Crippen LogP contribution is 2.31. The molecule has 0 saturated carbocycles. The number of hydrogen-bond acceptors (Lipinski definition) is 5. The van der Waals surface area contributed by atoms with Gasteiger partial charge in [0, 0.05) is 18.1 Å². The quantitative estimate of drug-likeness (QED) is 0.0889. The lowest BCUT2D eigenvalue weighted by atomic mass is 9.99. The Kier molecular flexibility index (Phi) is 8.85. The van der Waals surface area contributed by atoms with E-state index in [-0.39, 0.29) is 19.0 Å². The molecule has 176 valence electrons. The van der Waals surface area contributed by atoms with Gasteiger partial charge >= 0.3 is 0 Å². The summed E-state index contributed by atoms with van der Waals surface area (Å²) < 4.78 is 12.8. The molecule has 0 spiro atoms. The zero-order chi connectivity index (χ0) is 24.5. The smallest absolute Gasteiger partial charge is 0.262 e. The molecule has 0 unspecified atom stereocenters. The summed E-state index contributed by atoms with van der Waals surface area (Å²) in [5.41, 5.74) is 9.94. The molecule has 2 aromatic carbocycles. The summed E-state index contributed by atoms with van der Waals surface area (Å²) in [6, 6.07) is 14.0. The van der Waals surface area contributed by atoms with Gasteiger partial charge < -0.3 is 19.8 Å². The van der Waals surface area contributed by atoms with Crippen molar-refractivity contribution in [3.63, 3.8) is 0 Å². The van der Waals surface area contributed by atoms with Crippen LogP contribution < -0.4 is 15.6 Å². The molecule has 0 saturated heterocycles. The second-order valence-electron chi connectivity index (χ2n) is 7.87. The summed E-state index contributed by atoms with van der Waals surface area (Å²) in [6.45, 7) is 5.78. The van der Waals surface area contributed by atoms with E-state index in [4.69, 9.17) is 38.8 Å². The molecule has 3 rings (SSSR count). The molecule has 0 atom stereocenters. The highest BCUT2D eigenvalue weighted by Gasteiger charge is 2.14. The number of fused-ring (bicyclic) bond motifs is 1. The zero-order valence-corrected chi connectivity index (χ0v) is 20.4. The van der Waals surface area contributed by atoms with Crippen molar-refractivity contribution < 1.29 is 14.6 Å². The van der Waals surface area contributed by atoms with Crippen molar-refractivity contribution in [1.29, 1.82) is 0 Å². The van der Waals surface area contributed by atoms with Crippen LogP contribution in [0.2, 0.25) is 0 Å². The third-order valence-corrected chi connectivity index (χ3v) is 5.42. The predicted octanol–water partition coefficient (Wildman–Crippen LogP) is 3.02. The number of benzene rings is 2. The first kappa shape index (κ1) is 25.0. The second kappa shape index (κ2) is 12.0. The van der Waals surface area contributed by atoms with E-state index in [1.165, 1.54) is 5.56 Å². The van der Waals surface area contributed by atoms with E-state index in [2.05, 4.69) is 59.5 Å². The minimum atomic E-state index is 0.174. The van der Waals surface area contributed by atoms with Gasteiger partial charge in [0.05, 0.1) is 22.9 Å². The number of aromatic nitrogens is 2. The minimum Gasteiger partial charge on any atom is -0.481 e. The summed E-state index contributed by atoms with van der Waals surface area (Å²) in [6.07, 6.45) is 5.36. The number of rotatable bonds is 10. The van der Waals surface area contributed by atoms with E-state index in [1.807, 2.05) is 22.8 Å². The fourth-order valence-corrected chi connectivity index (χ4v) is 3.62. The Bertz CT molecular complexity index is 1290. The van der Waals surface area contributed by atoms with Gasteiger partial charge in [0.15, 0.2) is 0 Å². The first-order valence-corrected chi connectivity index (χ1v) is 11.3. The number of methoxy groups -OCH3 is 1. The number of terminal acetylenes is 1. The van der Waals surface area contributed by atoms with Crippen molar-refractivity contribution in [3.05, 3.63) is 52.8 Å². The molecule has 34 heavy (non-hydrogen) atoms. The van der Waals surface area contributed by atoms with Crippen LogP contribution >= 0.6 is 12.2 Å². The monoisotopic (exact) mass is 477 g/mol. The molecule has 0 fully saturated rings. The molecule has 1 aromatic heterocycles. The van der Waals surface area contributed by atoms with Crippen LogP contribution in [0.1, 0.15) is 25.3 Å². The summed E-state index contributed by atoms with van der Waals surface area (Å²) in [5, 5.41) is 11.5. The van der Waals surface area contributed by atoms with Gasteiger partial charge in [-0.25, -0.2) is 4.98 Å². The van der Waals surface area contributed by atoms with Gasteiger partial charge in [0.1, 0.15) is 30.7 Å². The van der Waals surface area contributed by atoms with E-state index < -0.39 is 0 Å². The summed E-state index contributed by atoms with van der Waals surface area (Å²) in [7, 11) is 1.62. The summed E-state index contributed by atoms with van der Waals surface area (Å²) in [4.78, 5) is 4.75. The van der Waals surface area contributed by atoms with Gasteiger partial charge in [-0.2, -0.15) is 5.11 Å². The average molecular weight is 478 g/mol. The fourth-order valence-electron chi connectivity index (χ4n) is 3.36. The van der Waals surface area contributed by atoms with Crippen molar-refractivity contribution in [2.45, 2.75) is 26.3 Å². The van der Waals surface area contributed by atoms with Crippen molar-refractivity contribution in [2.75, 3.05) is 26.9 Å². The van der Waals surface area contributed by atoms with Crippen LogP contribution in [0.15, 0.2) is 52.8 Å². The predicted molar refractivity (Wildman–Crippen MR) is 136 cm³/mol. The molecule has 3 aromatic rings. The number of ether oxygens (including phenoxy) is 2. The van der Waals surface area contributed by atoms with Gasteiger partial charge in [0.2, 0.25) is 4.77 Å². The van der Waals surface area contributed by atoms with E-state index in [0.717, 1.165) is 22.2 Å². The van der Waals surface area contributed by atoms with Crippen molar-refractivity contribution in [1.82, 2.24) is 9.55 Å². The van der Waals surface area contributed by atoms with Gasteiger partial charge in [0.25, 0.3) is 5.84 Å². The maximum absolute atomic E-state index is 6.11. The van der Waals surface area contributed by atoms with Gasteiger partial charge in [-0.1, -0.05) is 44.0 Å². The number of amidine groups is 1. The lowest BCUT2D eigenvalue weighted by Crippen LogP contribution is -2.66. The van der Waals surface area contributed by atoms with E-state index in [0.29, 0.717) is 29.6 Å². The van der Waals surface area contributed by atoms with E-state index in [1.54, 1.807) is 7.11 Å². The van der Waals surface area contributed by atoms with Gasteiger partial charge in [-0.3, -0.25) is 0 Å². The highest BCUT2D eigenvalue weighted by molar-refractivity contribution is 7.71. The van der Waals surface area contributed by atoms with Crippen LogP contribution in [-0.4, -0.2) is 42.3 Å². The first-order valence-electron chi connectivity index (χ1n) is 10.9. The molecule has 0 bridgehead atoms. The maximum Gasteiger partial charge on any atom is 0.262 e. The first-order chi connectivity index (χ1) is 16.4. The standard InChI is InChI=1S/C25H28N6O2S/c1-5-13-33-20-10-11-22-21(15-20)24(19-8-6-18(7-9-19)17(2)3)28-25(34)31(22)16-23(26)29-30-27-12-14-32-4/h1,6-11,15,17H,12-14,16H2,2-4H3,(H2,26,27,29)/p+1. The Morgan fingerprint density at radius 1 is 1.26 bits per heavy atom. The Hall–Kier alpha value is -3.61. The van der Waals surface area contributed by atoms with Crippen LogP contribution in [0.4, 0.5) is 0 Å². The second-order valence-corrected chi connectivity index (χ2v) is 8.23. The fraction of sp³-hybridized carbons (Fsp3) is 0.320. The molecular weight excluding hydrogens is 448 g/mol. The zero-order valence-electron chi connectivity index (χ0n) is 19.6. The van der Waals surface area contributed by atoms with Crippen LogP contribution in [-0.2, 0) is 11.3 Å². The Balaban J connectivity index is 2.07. The van der Waals surface area contributed by atoms with Gasteiger partial charge in [-0.05, 0) is 41.9 Å². The molecule has 8 nitrogen and oxygen atoms in total. The molecular formula is C25H29N6O2S+. The lowest BCUT2D eigenvalue weighted by Gasteiger charge is -2.15. The minimum absolute atomic E-state index is 0.174. The third kappa shape index (κ3) is 6.25.